The average molecular weight is 444 g/mol. The van der Waals surface area contributed by atoms with Crippen molar-refractivity contribution in [2.75, 3.05) is 6.61 Å². The molecular formula is C25H24N4O4. The maximum absolute atomic E-state index is 12.5. The number of amides is 1. The van der Waals surface area contributed by atoms with Crippen LogP contribution in [0.1, 0.15) is 22.6 Å². The normalized spacial score (nSPS) is 12.8. The first-order chi connectivity index (χ1) is 15.9. The number of ether oxygens (including phenoxy) is 1. The Morgan fingerprint density at radius 2 is 1.52 bits per heavy atom. The Kier molecular flexibility index (Phi) is 6.26. The predicted octanol–water partition coefficient (Wildman–Crippen LogP) is 3.13. The van der Waals surface area contributed by atoms with Crippen molar-refractivity contribution in [1.82, 2.24) is 5.32 Å². The molecule has 6 N–H and O–H groups in total. The van der Waals surface area contributed by atoms with E-state index in [-0.39, 0.29) is 24.9 Å². The summed E-state index contributed by atoms with van der Waals surface area (Å²) in [6.45, 7) is 0.111. The number of aliphatic carboxylic acids is 1. The smallest absolute Gasteiger partial charge is 0.407 e. The van der Waals surface area contributed by atoms with Crippen LogP contribution < -0.4 is 16.8 Å². The Morgan fingerprint density at radius 3 is 2.06 bits per heavy atom. The number of aliphatic imine (C=N–C) groups is 1. The van der Waals surface area contributed by atoms with Gasteiger partial charge in [-0.1, -0.05) is 60.7 Å². The number of benzene rings is 3. The molecule has 33 heavy (non-hydrogen) atoms. The van der Waals surface area contributed by atoms with Crippen LogP contribution in [-0.2, 0) is 16.0 Å². The van der Waals surface area contributed by atoms with Crippen LogP contribution in [0.4, 0.5) is 10.5 Å². The lowest BCUT2D eigenvalue weighted by molar-refractivity contribution is -0.139. The van der Waals surface area contributed by atoms with Crippen molar-refractivity contribution in [3.8, 4) is 11.1 Å². The third-order valence-electron chi connectivity index (χ3n) is 5.57. The van der Waals surface area contributed by atoms with Gasteiger partial charge in [0, 0.05) is 12.3 Å². The Labute approximate surface area is 190 Å². The van der Waals surface area contributed by atoms with Crippen molar-refractivity contribution in [3.05, 3.63) is 89.5 Å². The minimum Gasteiger partial charge on any atom is -0.480 e. The second kappa shape index (κ2) is 9.44. The molecule has 1 unspecified atom stereocenters. The van der Waals surface area contributed by atoms with Crippen LogP contribution in [0.3, 0.4) is 0 Å². The number of nitrogens with one attached hydrogen (secondary N) is 1. The van der Waals surface area contributed by atoms with E-state index in [9.17, 15) is 14.7 Å². The summed E-state index contributed by atoms with van der Waals surface area (Å²) in [5.41, 5.74) is 16.4. The van der Waals surface area contributed by atoms with E-state index in [4.69, 9.17) is 16.2 Å². The molecule has 3 aromatic carbocycles. The van der Waals surface area contributed by atoms with Gasteiger partial charge in [0.2, 0.25) is 0 Å². The second-order valence-electron chi connectivity index (χ2n) is 7.77. The van der Waals surface area contributed by atoms with Gasteiger partial charge < -0.3 is 26.6 Å². The summed E-state index contributed by atoms with van der Waals surface area (Å²) in [5, 5.41) is 12.0. The molecule has 0 aliphatic heterocycles. The van der Waals surface area contributed by atoms with Gasteiger partial charge >= 0.3 is 12.1 Å². The number of guanidine groups is 1. The molecule has 0 saturated carbocycles. The van der Waals surface area contributed by atoms with Crippen molar-refractivity contribution in [2.45, 2.75) is 18.4 Å². The topological polar surface area (TPSA) is 140 Å². The van der Waals surface area contributed by atoms with Crippen molar-refractivity contribution in [3.63, 3.8) is 0 Å². The summed E-state index contributed by atoms with van der Waals surface area (Å²) in [4.78, 5) is 28.1. The molecule has 8 heteroatoms. The average Bonchev–Trinajstić information content (AvgIpc) is 3.12. The molecule has 168 valence electrons. The highest BCUT2D eigenvalue weighted by Gasteiger charge is 2.29. The van der Waals surface area contributed by atoms with Crippen molar-refractivity contribution in [2.24, 2.45) is 16.5 Å². The van der Waals surface area contributed by atoms with E-state index < -0.39 is 18.1 Å². The monoisotopic (exact) mass is 444 g/mol. The molecule has 1 aliphatic rings. The quantitative estimate of drug-likeness (QED) is 0.326. The minimum atomic E-state index is -1.16. The third-order valence-corrected chi connectivity index (χ3v) is 5.57. The van der Waals surface area contributed by atoms with Gasteiger partial charge in [-0.25, -0.2) is 14.6 Å². The molecule has 0 spiro atoms. The van der Waals surface area contributed by atoms with Crippen LogP contribution in [0.5, 0.6) is 0 Å². The van der Waals surface area contributed by atoms with E-state index in [1.165, 1.54) is 0 Å². The van der Waals surface area contributed by atoms with Crippen LogP contribution in [0.25, 0.3) is 11.1 Å². The maximum atomic E-state index is 12.5. The van der Waals surface area contributed by atoms with Gasteiger partial charge in [0.25, 0.3) is 0 Å². The first-order valence-corrected chi connectivity index (χ1v) is 10.5. The van der Waals surface area contributed by atoms with Crippen LogP contribution >= 0.6 is 0 Å². The fourth-order valence-electron chi connectivity index (χ4n) is 4.07. The Hall–Kier alpha value is -4.33. The Bertz CT molecular complexity index is 1160. The number of hydrogen-bond donors (Lipinski definition) is 4. The summed E-state index contributed by atoms with van der Waals surface area (Å²) in [7, 11) is 0. The molecule has 1 amide bonds. The number of carbonyl (C=O) groups excluding carboxylic acids is 1. The van der Waals surface area contributed by atoms with E-state index in [1.807, 2.05) is 48.5 Å². The highest BCUT2D eigenvalue weighted by atomic mass is 16.5. The standard InChI is InChI=1S/C25H24N4O4/c26-24(27)28-16-11-9-15(10-12-16)13-22(23(30)31)29-25(32)33-14-21-19-7-3-1-5-17(19)18-6-2-4-8-20(18)21/h1-12,21-22H,13-14H2,(H,29,32)(H,30,31)(H4,26,27,28). The zero-order chi connectivity index (χ0) is 23.4. The number of nitrogens with zero attached hydrogens (tertiary/aromatic N) is 1. The van der Waals surface area contributed by atoms with Gasteiger partial charge in [0.1, 0.15) is 12.6 Å². The van der Waals surface area contributed by atoms with Crippen LogP contribution in [0.15, 0.2) is 77.8 Å². The zero-order valence-electron chi connectivity index (χ0n) is 17.8. The van der Waals surface area contributed by atoms with Crippen LogP contribution in [0.2, 0.25) is 0 Å². The van der Waals surface area contributed by atoms with Crippen molar-refractivity contribution < 1.29 is 19.4 Å². The van der Waals surface area contributed by atoms with Gasteiger partial charge in [-0.05, 0) is 39.9 Å². The second-order valence-corrected chi connectivity index (χ2v) is 7.77. The van der Waals surface area contributed by atoms with Crippen LogP contribution in [0, 0.1) is 0 Å². The molecule has 0 radical (unpaired) electrons. The number of rotatable bonds is 7. The summed E-state index contributed by atoms with van der Waals surface area (Å²) >= 11 is 0. The number of carboxylic acids is 1. The zero-order valence-corrected chi connectivity index (χ0v) is 17.8. The summed E-state index contributed by atoms with van der Waals surface area (Å²) in [5.74, 6) is -1.32. The van der Waals surface area contributed by atoms with E-state index in [1.54, 1.807) is 24.3 Å². The van der Waals surface area contributed by atoms with Crippen molar-refractivity contribution >= 4 is 23.7 Å². The van der Waals surface area contributed by atoms with Gasteiger partial charge in [-0.2, -0.15) is 0 Å². The third kappa shape index (κ3) is 4.95. The van der Waals surface area contributed by atoms with Gasteiger partial charge in [0.05, 0.1) is 5.69 Å². The predicted molar refractivity (Wildman–Crippen MR) is 125 cm³/mol. The lowest BCUT2D eigenvalue weighted by atomic mass is 9.98. The lowest BCUT2D eigenvalue weighted by Crippen LogP contribution is -2.42. The molecule has 0 heterocycles. The molecule has 8 nitrogen and oxygen atoms in total. The molecule has 1 aliphatic carbocycles. The SMILES string of the molecule is NC(N)=Nc1ccc(CC(NC(=O)OCC2c3ccccc3-c3ccccc32)C(=O)O)cc1. The lowest BCUT2D eigenvalue weighted by Gasteiger charge is -2.17. The molecular weight excluding hydrogens is 420 g/mol. The van der Waals surface area contributed by atoms with Gasteiger partial charge in [-0.15, -0.1) is 0 Å². The van der Waals surface area contributed by atoms with Crippen molar-refractivity contribution in [1.29, 1.82) is 0 Å². The van der Waals surface area contributed by atoms with E-state index in [0.717, 1.165) is 22.3 Å². The highest BCUT2D eigenvalue weighted by Crippen LogP contribution is 2.44. The summed E-state index contributed by atoms with van der Waals surface area (Å²) in [6, 6.07) is 21.6. The number of nitrogens with two attached hydrogens (primary N) is 2. The summed E-state index contributed by atoms with van der Waals surface area (Å²) < 4.78 is 5.46. The molecule has 0 aromatic heterocycles. The van der Waals surface area contributed by atoms with Gasteiger partial charge in [0.15, 0.2) is 5.96 Å². The highest BCUT2D eigenvalue weighted by molar-refractivity contribution is 5.81. The van der Waals surface area contributed by atoms with E-state index in [2.05, 4.69) is 10.3 Å². The molecule has 1 atom stereocenters. The number of fused-ring (bicyclic) bond motifs is 3. The molecule has 0 saturated heterocycles. The van der Waals surface area contributed by atoms with Crippen LogP contribution in [-0.4, -0.2) is 35.8 Å². The minimum absolute atomic E-state index is 0.0666. The largest absolute Gasteiger partial charge is 0.480 e. The molecule has 3 aromatic rings. The van der Waals surface area contributed by atoms with Gasteiger partial charge in [-0.3, -0.25) is 0 Å². The van der Waals surface area contributed by atoms with E-state index >= 15 is 0 Å². The number of carbonyl (C=O) groups is 2. The molecule has 4 rings (SSSR count). The Balaban J connectivity index is 1.40. The number of carboxylic acid groups (broad SMARTS) is 1. The number of hydrogen-bond acceptors (Lipinski definition) is 4. The fraction of sp³-hybridized carbons (Fsp3) is 0.160. The summed E-state index contributed by atoms with van der Waals surface area (Å²) in [6.07, 6.45) is -0.692. The first kappa shape index (κ1) is 21.9. The maximum Gasteiger partial charge on any atom is 0.407 e. The number of alkyl carbamates (subject to hydrolysis) is 1. The first-order valence-electron chi connectivity index (χ1n) is 10.5. The Morgan fingerprint density at radius 1 is 0.939 bits per heavy atom. The fourth-order valence-corrected chi connectivity index (χ4v) is 4.07. The molecule has 0 fully saturated rings. The van der Waals surface area contributed by atoms with E-state index in [0.29, 0.717) is 11.3 Å². The molecule has 0 bridgehead atoms.